The predicted molar refractivity (Wildman–Crippen MR) is 73.9 cm³/mol. The van der Waals surface area contributed by atoms with Crippen LogP contribution in [0.2, 0.25) is 5.02 Å². The molecule has 0 aliphatic rings. The number of hydrogen-bond donors (Lipinski definition) is 2. The van der Waals surface area contributed by atoms with Gasteiger partial charge in [0.05, 0.1) is 0 Å². The lowest BCUT2D eigenvalue weighted by atomic mass is 10.1. The van der Waals surface area contributed by atoms with Gasteiger partial charge >= 0.3 is 0 Å². The van der Waals surface area contributed by atoms with E-state index in [-0.39, 0.29) is 0 Å². The fourth-order valence-corrected chi connectivity index (χ4v) is 2.52. The van der Waals surface area contributed by atoms with Gasteiger partial charge in [-0.05, 0) is 36.3 Å². The summed E-state index contributed by atoms with van der Waals surface area (Å²) in [4.78, 5) is 0. The second-order valence-electron chi connectivity index (χ2n) is 3.77. The fraction of sp³-hybridized carbons (Fsp3) is 0.500. The van der Waals surface area contributed by atoms with Gasteiger partial charge in [-0.1, -0.05) is 30.7 Å². The van der Waals surface area contributed by atoms with Crippen molar-refractivity contribution in [3.05, 3.63) is 34.9 Å². The topological polar surface area (TPSA) is 38.0 Å². The molecular formula is C12H19ClN2S. The Labute approximate surface area is 107 Å². The fourth-order valence-electron chi connectivity index (χ4n) is 1.44. The minimum absolute atomic E-state index is 0.331. The second-order valence-corrected chi connectivity index (χ2v) is 5.36. The maximum Gasteiger partial charge on any atom is 0.0406 e. The van der Waals surface area contributed by atoms with Crippen molar-refractivity contribution < 1.29 is 0 Å². The highest BCUT2D eigenvalue weighted by Crippen LogP contribution is 2.13. The first-order valence-electron chi connectivity index (χ1n) is 5.54. The Hall–Kier alpha value is -0.220. The third-order valence-corrected chi connectivity index (χ3v) is 3.89. The molecular weight excluding hydrogens is 240 g/mol. The van der Waals surface area contributed by atoms with Crippen LogP contribution in [0.4, 0.5) is 0 Å². The molecule has 0 spiro atoms. The van der Waals surface area contributed by atoms with Crippen LogP contribution in [0.1, 0.15) is 18.9 Å². The quantitative estimate of drug-likeness (QED) is 0.449. The molecule has 1 atom stereocenters. The van der Waals surface area contributed by atoms with Crippen LogP contribution in [-0.4, -0.2) is 17.5 Å². The monoisotopic (exact) mass is 258 g/mol. The normalized spacial score (nSPS) is 12.7. The van der Waals surface area contributed by atoms with E-state index in [1.54, 1.807) is 0 Å². The number of hydrogen-bond acceptors (Lipinski definition) is 3. The Balaban J connectivity index is 2.40. The molecule has 3 N–H and O–H groups in total. The zero-order valence-corrected chi connectivity index (χ0v) is 11.2. The minimum atomic E-state index is 0.331. The molecule has 0 amide bonds. The average molecular weight is 259 g/mol. The molecule has 0 radical (unpaired) electrons. The lowest BCUT2D eigenvalue weighted by molar-refractivity contribution is 0.575. The van der Waals surface area contributed by atoms with Crippen LogP contribution < -0.4 is 11.3 Å². The van der Waals surface area contributed by atoms with Gasteiger partial charge in [-0.25, -0.2) is 0 Å². The molecule has 90 valence electrons. The highest BCUT2D eigenvalue weighted by atomic mass is 35.5. The second kappa shape index (κ2) is 7.96. The maximum absolute atomic E-state index is 5.84. The molecule has 0 saturated carbocycles. The predicted octanol–water partition coefficient (Wildman–Crippen LogP) is 2.86. The van der Waals surface area contributed by atoms with Crippen molar-refractivity contribution in [2.24, 2.45) is 5.84 Å². The summed E-state index contributed by atoms with van der Waals surface area (Å²) >= 11 is 7.78. The van der Waals surface area contributed by atoms with E-state index < -0.39 is 0 Å². The van der Waals surface area contributed by atoms with Gasteiger partial charge in [0.1, 0.15) is 0 Å². The molecule has 0 aliphatic carbocycles. The van der Waals surface area contributed by atoms with Crippen molar-refractivity contribution in [1.82, 2.24) is 5.43 Å². The molecule has 0 saturated heterocycles. The molecule has 1 aromatic rings. The van der Waals surface area contributed by atoms with Gasteiger partial charge in [-0.15, -0.1) is 0 Å². The van der Waals surface area contributed by atoms with Crippen LogP contribution >= 0.6 is 23.4 Å². The summed E-state index contributed by atoms with van der Waals surface area (Å²) in [6, 6.07) is 8.28. The number of benzene rings is 1. The van der Waals surface area contributed by atoms with Crippen LogP contribution in [0, 0.1) is 0 Å². The first-order chi connectivity index (χ1) is 7.76. The molecule has 1 aromatic carbocycles. The summed E-state index contributed by atoms with van der Waals surface area (Å²) in [5, 5.41) is 0.779. The van der Waals surface area contributed by atoms with Crippen molar-refractivity contribution in [3.8, 4) is 0 Å². The van der Waals surface area contributed by atoms with Gasteiger partial charge in [0.25, 0.3) is 0 Å². The molecule has 4 heteroatoms. The first kappa shape index (κ1) is 13.8. The Morgan fingerprint density at radius 3 is 2.62 bits per heavy atom. The van der Waals surface area contributed by atoms with E-state index in [1.807, 2.05) is 23.9 Å². The smallest absolute Gasteiger partial charge is 0.0406 e. The molecule has 0 fully saturated rings. The summed E-state index contributed by atoms with van der Waals surface area (Å²) in [6.45, 7) is 2.19. The third-order valence-electron chi connectivity index (χ3n) is 2.30. The van der Waals surface area contributed by atoms with Crippen LogP contribution in [0.25, 0.3) is 0 Å². The number of nitrogens with one attached hydrogen (secondary N) is 1. The van der Waals surface area contributed by atoms with Gasteiger partial charge < -0.3 is 0 Å². The molecule has 0 aromatic heterocycles. The number of rotatable bonds is 7. The van der Waals surface area contributed by atoms with E-state index >= 15 is 0 Å². The van der Waals surface area contributed by atoms with Gasteiger partial charge in [0, 0.05) is 16.8 Å². The van der Waals surface area contributed by atoms with E-state index in [2.05, 4.69) is 24.5 Å². The number of nitrogens with two attached hydrogens (primary N) is 1. The van der Waals surface area contributed by atoms with Gasteiger partial charge in [0.2, 0.25) is 0 Å². The van der Waals surface area contributed by atoms with Crippen LogP contribution in [0.15, 0.2) is 24.3 Å². The Kier molecular flexibility index (Phi) is 6.88. The van der Waals surface area contributed by atoms with E-state index in [9.17, 15) is 0 Å². The standard InChI is InChI=1S/C12H19ClN2S/c1-2-7-16-9-12(15-14)8-10-3-5-11(13)6-4-10/h3-6,12,15H,2,7-9,14H2,1H3. The molecule has 0 bridgehead atoms. The summed E-state index contributed by atoms with van der Waals surface area (Å²) in [5.74, 6) is 7.79. The van der Waals surface area contributed by atoms with Crippen LogP contribution in [-0.2, 0) is 6.42 Å². The lowest BCUT2D eigenvalue weighted by Crippen LogP contribution is -2.38. The van der Waals surface area contributed by atoms with Crippen molar-refractivity contribution in [1.29, 1.82) is 0 Å². The third kappa shape index (κ3) is 5.21. The maximum atomic E-state index is 5.84. The van der Waals surface area contributed by atoms with E-state index in [4.69, 9.17) is 17.4 Å². The van der Waals surface area contributed by atoms with E-state index in [1.165, 1.54) is 17.7 Å². The minimum Gasteiger partial charge on any atom is -0.271 e. The molecule has 1 rings (SSSR count). The van der Waals surface area contributed by atoms with Crippen LogP contribution in [0.3, 0.4) is 0 Å². The van der Waals surface area contributed by atoms with Gasteiger partial charge in [-0.3, -0.25) is 11.3 Å². The van der Waals surface area contributed by atoms with Crippen molar-refractivity contribution >= 4 is 23.4 Å². The number of thioether (sulfide) groups is 1. The van der Waals surface area contributed by atoms with Crippen LogP contribution in [0.5, 0.6) is 0 Å². The zero-order chi connectivity index (χ0) is 11.8. The molecule has 2 nitrogen and oxygen atoms in total. The molecule has 0 aliphatic heterocycles. The summed E-state index contributed by atoms with van der Waals surface area (Å²) < 4.78 is 0. The summed E-state index contributed by atoms with van der Waals surface area (Å²) in [7, 11) is 0. The van der Waals surface area contributed by atoms with Crippen molar-refractivity contribution in [2.75, 3.05) is 11.5 Å². The van der Waals surface area contributed by atoms with E-state index in [0.29, 0.717) is 6.04 Å². The lowest BCUT2D eigenvalue weighted by Gasteiger charge is -2.15. The average Bonchev–Trinajstić information content (AvgIpc) is 2.31. The van der Waals surface area contributed by atoms with Gasteiger partial charge in [0.15, 0.2) is 0 Å². The number of halogens is 1. The van der Waals surface area contributed by atoms with Crippen molar-refractivity contribution in [3.63, 3.8) is 0 Å². The molecule has 0 heterocycles. The Morgan fingerprint density at radius 2 is 2.06 bits per heavy atom. The Bertz CT molecular complexity index is 290. The first-order valence-corrected chi connectivity index (χ1v) is 7.07. The van der Waals surface area contributed by atoms with Crippen molar-refractivity contribution in [2.45, 2.75) is 25.8 Å². The summed E-state index contributed by atoms with van der Waals surface area (Å²) in [6.07, 6.45) is 2.16. The van der Waals surface area contributed by atoms with E-state index in [0.717, 1.165) is 17.2 Å². The zero-order valence-electron chi connectivity index (χ0n) is 9.58. The number of hydrazine groups is 1. The molecule has 1 unspecified atom stereocenters. The largest absolute Gasteiger partial charge is 0.271 e. The SMILES string of the molecule is CCCSCC(Cc1ccc(Cl)cc1)NN. The molecule has 16 heavy (non-hydrogen) atoms. The summed E-state index contributed by atoms with van der Waals surface area (Å²) in [5.41, 5.74) is 4.14. The van der Waals surface area contributed by atoms with Gasteiger partial charge in [-0.2, -0.15) is 11.8 Å². The highest BCUT2D eigenvalue weighted by molar-refractivity contribution is 7.99. The Morgan fingerprint density at radius 1 is 1.38 bits per heavy atom. The highest BCUT2D eigenvalue weighted by Gasteiger charge is 2.07.